The maximum atomic E-state index is 13.4. The molecule has 2 aromatic rings. The zero-order valence-electron chi connectivity index (χ0n) is 21.5. The van der Waals surface area contributed by atoms with Crippen molar-refractivity contribution >= 4 is 17.4 Å². The summed E-state index contributed by atoms with van der Waals surface area (Å²) in [5.74, 6) is 0.0257. The van der Waals surface area contributed by atoms with Crippen molar-refractivity contribution in [3.8, 4) is 28.7 Å². The number of aliphatic hydroxyl groups is 1. The Bertz CT molecular complexity index is 1190. The number of amides is 1. The van der Waals surface area contributed by atoms with Crippen LogP contribution in [-0.4, -0.2) is 76.5 Å². The molecule has 0 spiro atoms. The van der Waals surface area contributed by atoms with Crippen LogP contribution in [-0.2, 0) is 14.3 Å². The lowest BCUT2D eigenvalue weighted by Crippen LogP contribution is -2.36. The molecule has 198 valence electrons. The Morgan fingerprint density at radius 2 is 1.57 bits per heavy atom. The summed E-state index contributed by atoms with van der Waals surface area (Å²) < 4.78 is 32.9. The number of rotatable bonds is 9. The van der Waals surface area contributed by atoms with Crippen molar-refractivity contribution in [1.82, 2.24) is 4.90 Å². The lowest BCUT2D eigenvalue weighted by atomic mass is 9.94. The van der Waals surface area contributed by atoms with Gasteiger partial charge >= 0.3 is 0 Å². The molecule has 0 aliphatic carbocycles. The van der Waals surface area contributed by atoms with Gasteiger partial charge < -0.3 is 38.4 Å². The molecule has 4 rings (SSSR count). The van der Waals surface area contributed by atoms with Crippen LogP contribution in [0.15, 0.2) is 35.9 Å². The van der Waals surface area contributed by atoms with Crippen LogP contribution in [0.4, 0.5) is 0 Å². The lowest BCUT2D eigenvalue weighted by Gasteiger charge is -2.28. The number of methoxy groups -OCH3 is 5. The van der Waals surface area contributed by atoms with Crippen molar-refractivity contribution in [2.75, 3.05) is 48.7 Å². The minimum absolute atomic E-state index is 0.0653. The van der Waals surface area contributed by atoms with Crippen LogP contribution in [0.3, 0.4) is 0 Å². The number of nitrogens with zero attached hydrogens (tertiary/aromatic N) is 1. The molecular formula is C27H31NO9. The number of ether oxygens (including phenoxy) is 6. The van der Waals surface area contributed by atoms with Crippen LogP contribution in [0, 0.1) is 0 Å². The van der Waals surface area contributed by atoms with Gasteiger partial charge in [0.25, 0.3) is 11.7 Å². The van der Waals surface area contributed by atoms with Gasteiger partial charge in [0, 0.05) is 18.7 Å². The number of aliphatic hydroxyl groups excluding tert-OH is 1. The van der Waals surface area contributed by atoms with Gasteiger partial charge in [0.2, 0.25) is 5.75 Å². The van der Waals surface area contributed by atoms with Crippen LogP contribution in [0.5, 0.6) is 28.7 Å². The molecule has 2 atom stereocenters. The summed E-state index contributed by atoms with van der Waals surface area (Å²) in [5.41, 5.74) is 0.739. The monoisotopic (exact) mass is 513 g/mol. The van der Waals surface area contributed by atoms with Crippen LogP contribution < -0.4 is 23.7 Å². The normalized spacial score (nSPS) is 20.7. The fraction of sp³-hybridized carbons (Fsp3) is 0.407. The Kier molecular flexibility index (Phi) is 7.77. The van der Waals surface area contributed by atoms with Crippen LogP contribution >= 0.6 is 0 Å². The molecule has 10 nitrogen and oxygen atoms in total. The largest absolute Gasteiger partial charge is 0.507 e. The minimum Gasteiger partial charge on any atom is -0.507 e. The van der Waals surface area contributed by atoms with Crippen molar-refractivity contribution in [3.63, 3.8) is 0 Å². The Morgan fingerprint density at radius 3 is 2.11 bits per heavy atom. The van der Waals surface area contributed by atoms with Gasteiger partial charge in [-0.05, 0) is 48.7 Å². The van der Waals surface area contributed by atoms with Crippen LogP contribution in [0.1, 0.15) is 30.0 Å². The summed E-state index contributed by atoms with van der Waals surface area (Å²) in [6, 6.07) is 7.17. The highest BCUT2D eigenvalue weighted by Crippen LogP contribution is 2.46. The van der Waals surface area contributed by atoms with Gasteiger partial charge in [-0.15, -0.1) is 0 Å². The van der Waals surface area contributed by atoms with Crippen LogP contribution in [0.25, 0.3) is 5.76 Å². The number of ketones is 1. The first-order valence-electron chi connectivity index (χ1n) is 11.8. The number of likely N-dealkylation sites (tertiary alicyclic amines) is 1. The average molecular weight is 514 g/mol. The Hall–Kier alpha value is -3.92. The van der Waals surface area contributed by atoms with E-state index in [4.69, 9.17) is 28.4 Å². The highest BCUT2D eigenvalue weighted by molar-refractivity contribution is 6.46. The number of benzene rings is 2. The second-order valence-corrected chi connectivity index (χ2v) is 8.61. The first kappa shape index (κ1) is 26.2. The third-order valence-corrected chi connectivity index (χ3v) is 6.62. The molecule has 1 N–H and O–H groups in total. The van der Waals surface area contributed by atoms with E-state index in [1.807, 2.05) is 0 Å². The molecule has 2 fully saturated rings. The van der Waals surface area contributed by atoms with E-state index >= 15 is 0 Å². The molecule has 2 aromatic carbocycles. The molecule has 2 aliphatic rings. The van der Waals surface area contributed by atoms with E-state index in [1.165, 1.54) is 40.4 Å². The molecule has 0 bridgehead atoms. The molecule has 0 saturated carbocycles. The third kappa shape index (κ3) is 4.76. The van der Waals surface area contributed by atoms with E-state index in [2.05, 4.69) is 0 Å². The molecule has 37 heavy (non-hydrogen) atoms. The molecule has 0 unspecified atom stereocenters. The van der Waals surface area contributed by atoms with Crippen LogP contribution in [0.2, 0.25) is 0 Å². The molecule has 2 saturated heterocycles. The Labute approximate surface area is 215 Å². The smallest absolute Gasteiger partial charge is 0.295 e. The van der Waals surface area contributed by atoms with Crippen molar-refractivity contribution in [2.45, 2.75) is 25.0 Å². The van der Waals surface area contributed by atoms with Gasteiger partial charge in [-0.25, -0.2) is 0 Å². The zero-order chi connectivity index (χ0) is 26.7. The Morgan fingerprint density at radius 1 is 0.919 bits per heavy atom. The fourth-order valence-corrected chi connectivity index (χ4v) is 4.82. The van der Waals surface area contributed by atoms with E-state index in [1.54, 1.807) is 30.3 Å². The van der Waals surface area contributed by atoms with Crippen molar-refractivity contribution in [1.29, 1.82) is 0 Å². The molecule has 2 heterocycles. The maximum Gasteiger partial charge on any atom is 0.295 e. The number of carbonyl (C=O) groups excluding carboxylic acids is 2. The summed E-state index contributed by atoms with van der Waals surface area (Å²) in [6.07, 6.45) is 1.42. The predicted octanol–water partition coefficient (Wildman–Crippen LogP) is 3.33. The standard InChI is InChI=1S/C27H31NO9/c1-32-18-9-8-15(11-19(18)33-2)24(29)22-23(16-12-20(34-3)26(36-5)21(13-16)35-4)28(27(31)25(22)30)14-17-7-6-10-37-17/h8-9,11-13,17,23,29H,6-7,10,14H2,1-5H3/t17-,23+/m0/s1. The van der Waals surface area contributed by atoms with E-state index in [0.717, 1.165) is 12.8 Å². The number of hydrogen-bond donors (Lipinski definition) is 1. The van der Waals surface area contributed by atoms with Crippen molar-refractivity contribution in [2.24, 2.45) is 0 Å². The van der Waals surface area contributed by atoms with E-state index in [0.29, 0.717) is 46.5 Å². The predicted molar refractivity (Wildman–Crippen MR) is 134 cm³/mol. The summed E-state index contributed by atoms with van der Waals surface area (Å²) in [5, 5.41) is 11.4. The van der Waals surface area contributed by atoms with E-state index in [9.17, 15) is 14.7 Å². The van der Waals surface area contributed by atoms with Gasteiger partial charge in [-0.1, -0.05) is 0 Å². The third-order valence-electron chi connectivity index (χ3n) is 6.62. The summed E-state index contributed by atoms with van der Waals surface area (Å²) in [6.45, 7) is 0.781. The van der Waals surface area contributed by atoms with Crippen molar-refractivity contribution < 1.29 is 43.1 Å². The second kappa shape index (κ2) is 11.0. The average Bonchev–Trinajstić information content (AvgIpc) is 3.53. The highest BCUT2D eigenvalue weighted by Gasteiger charge is 2.47. The van der Waals surface area contributed by atoms with Gasteiger partial charge in [-0.3, -0.25) is 9.59 Å². The summed E-state index contributed by atoms with van der Waals surface area (Å²) in [7, 11) is 7.42. The lowest BCUT2D eigenvalue weighted by molar-refractivity contribution is -0.140. The minimum atomic E-state index is -0.925. The molecule has 10 heteroatoms. The van der Waals surface area contributed by atoms with Gasteiger partial charge in [0.15, 0.2) is 23.0 Å². The molecule has 0 aromatic heterocycles. The van der Waals surface area contributed by atoms with E-state index < -0.39 is 17.7 Å². The quantitative estimate of drug-likeness (QED) is 0.306. The first-order valence-corrected chi connectivity index (χ1v) is 11.8. The van der Waals surface area contributed by atoms with Crippen molar-refractivity contribution in [3.05, 3.63) is 47.0 Å². The van der Waals surface area contributed by atoms with Gasteiger partial charge in [0.05, 0.1) is 53.3 Å². The number of hydrogen-bond acceptors (Lipinski definition) is 9. The Balaban J connectivity index is 1.92. The van der Waals surface area contributed by atoms with Gasteiger partial charge in [0.1, 0.15) is 5.76 Å². The zero-order valence-corrected chi connectivity index (χ0v) is 21.5. The fourth-order valence-electron chi connectivity index (χ4n) is 4.82. The summed E-state index contributed by atoms with van der Waals surface area (Å²) in [4.78, 5) is 28.2. The topological polar surface area (TPSA) is 113 Å². The van der Waals surface area contributed by atoms with E-state index in [-0.39, 0.29) is 24.0 Å². The SMILES string of the molecule is COc1ccc(C(O)=C2C(=O)C(=O)N(C[C@@H]3CCCO3)[C@@H]2c2cc(OC)c(OC)c(OC)c2)cc1OC. The number of Topliss-reactive ketones (excluding diaryl/α,β-unsaturated/α-hetero) is 1. The van der Waals surface area contributed by atoms with Gasteiger partial charge in [-0.2, -0.15) is 0 Å². The maximum absolute atomic E-state index is 13.4. The summed E-state index contributed by atoms with van der Waals surface area (Å²) >= 11 is 0. The first-order chi connectivity index (χ1) is 17.9. The molecular weight excluding hydrogens is 482 g/mol. The molecule has 0 radical (unpaired) electrons. The molecule has 2 aliphatic heterocycles. The second-order valence-electron chi connectivity index (χ2n) is 8.61. The highest BCUT2D eigenvalue weighted by atomic mass is 16.5. The molecule has 1 amide bonds. The number of carbonyl (C=O) groups is 2.